The van der Waals surface area contributed by atoms with Crippen molar-refractivity contribution >= 4 is 5.78 Å². The van der Waals surface area contributed by atoms with E-state index in [0.29, 0.717) is 6.61 Å². The lowest BCUT2D eigenvalue weighted by Crippen LogP contribution is -2.52. The molecule has 1 aromatic carbocycles. The molecule has 1 aromatic rings. The predicted octanol–water partition coefficient (Wildman–Crippen LogP) is 1.72. The molecule has 104 valence electrons. The highest BCUT2D eigenvalue weighted by molar-refractivity contribution is 5.90. The summed E-state index contributed by atoms with van der Waals surface area (Å²) in [7, 11) is 1.52. The first-order valence-electron chi connectivity index (χ1n) is 5.87. The van der Waals surface area contributed by atoms with Crippen molar-refractivity contribution in [2.75, 3.05) is 20.3 Å². The molecular formula is C13H14F2O4. The molecule has 0 amide bonds. The minimum Gasteiger partial charge on any atom is -0.484 e. The number of ether oxygens (including phenoxy) is 3. The molecule has 0 aromatic heterocycles. The zero-order valence-corrected chi connectivity index (χ0v) is 10.4. The molecule has 1 saturated carbocycles. The molecule has 0 N–H and O–H groups in total. The summed E-state index contributed by atoms with van der Waals surface area (Å²) in [5.74, 6) is -2.37. The van der Waals surface area contributed by atoms with Crippen molar-refractivity contribution in [3.8, 4) is 5.75 Å². The van der Waals surface area contributed by atoms with Crippen LogP contribution in [0.2, 0.25) is 0 Å². The molecule has 0 spiro atoms. The Morgan fingerprint density at radius 2 is 2.11 bits per heavy atom. The molecule has 1 aliphatic rings. The van der Waals surface area contributed by atoms with Gasteiger partial charge < -0.3 is 14.2 Å². The summed E-state index contributed by atoms with van der Waals surface area (Å²) in [5, 5.41) is 0. The van der Waals surface area contributed by atoms with Crippen molar-refractivity contribution in [3.63, 3.8) is 0 Å². The minimum atomic E-state index is -1.06. The summed E-state index contributed by atoms with van der Waals surface area (Å²) in [6.45, 7) is 0.600. The van der Waals surface area contributed by atoms with Crippen molar-refractivity contribution in [2.45, 2.75) is 18.6 Å². The Kier molecular flexibility index (Phi) is 4.44. The van der Waals surface area contributed by atoms with E-state index in [9.17, 15) is 13.6 Å². The molecule has 0 aliphatic heterocycles. The van der Waals surface area contributed by atoms with E-state index in [0.717, 1.165) is 6.07 Å². The van der Waals surface area contributed by atoms with Gasteiger partial charge in [-0.05, 0) is 12.1 Å². The fourth-order valence-electron chi connectivity index (χ4n) is 1.77. The molecule has 2 rings (SSSR count). The van der Waals surface area contributed by atoms with Crippen LogP contribution >= 0.6 is 0 Å². The maximum atomic E-state index is 13.4. The molecule has 0 heterocycles. The number of rotatable bonds is 6. The van der Waals surface area contributed by atoms with Crippen molar-refractivity contribution in [1.29, 1.82) is 0 Å². The fourth-order valence-corrected chi connectivity index (χ4v) is 1.77. The first-order chi connectivity index (χ1) is 9.13. The van der Waals surface area contributed by atoms with E-state index in [-0.39, 0.29) is 24.6 Å². The van der Waals surface area contributed by atoms with Crippen molar-refractivity contribution < 1.29 is 27.8 Å². The Labute approximate surface area is 109 Å². The predicted molar refractivity (Wildman–Crippen MR) is 62.0 cm³/mol. The van der Waals surface area contributed by atoms with Crippen LogP contribution in [0.1, 0.15) is 6.42 Å². The molecule has 0 saturated heterocycles. The standard InChI is InChI=1S/C13H14F2O4/c1-17-5-6-18-13-9(16)7-11(13)19-10-4-2-3-8(14)12(10)15/h2-4,11,13H,5-7H2,1H3. The summed E-state index contributed by atoms with van der Waals surface area (Å²) >= 11 is 0. The van der Waals surface area contributed by atoms with E-state index >= 15 is 0 Å². The first kappa shape index (κ1) is 13.9. The van der Waals surface area contributed by atoms with Crippen LogP contribution in [-0.2, 0) is 14.3 Å². The van der Waals surface area contributed by atoms with Gasteiger partial charge >= 0.3 is 0 Å². The zero-order chi connectivity index (χ0) is 13.8. The maximum absolute atomic E-state index is 13.4. The quantitative estimate of drug-likeness (QED) is 0.740. The second-order valence-electron chi connectivity index (χ2n) is 4.16. The summed E-state index contributed by atoms with van der Waals surface area (Å²) in [5.41, 5.74) is 0. The van der Waals surface area contributed by atoms with Gasteiger partial charge in [-0.3, -0.25) is 4.79 Å². The molecule has 2 atom stereocenters. The average Bonchev–Trinajstić information content (AvgIpc) is 2.39. The number of benzene rings is 1. The van der Waals surface area contributed by atoms with Crippen molar-refractivity contribution in [2.24, 2.45) is 0 Å². The second kappa shape index (κ2) is 6.08. The van der Waals surface area contributed by atoms with Crippen LogP contribution in [0, 0.1) is 11.6 Å². The molecule has 2 unspecified atom stereocenters. The fraction of sp³-hybridized carbons (Fsp3) is 0.462. The number of carbonyl (C=O) groups is 1. The summed E-state index contributed by atoms with van der Waals surface area (Å²) in [6.07, 6.45) is -1.19. The van der Waals surface area contributed by atoms with E-state index in [4.69, 9.17) is 14.2 Å². The molecule has 19 heavy (non-hydrogen) atoms. The number of hydrogen-bond donors (Lipinski definition) is 0. The smallest absolute Gasteiger partial charge is 0.200 e. The summed E-state index contributed by atoms with van der Waals surface area (Å²) in [6, 6.07) is 3.66. The lowest BCUT2D eigenvalue weighted by atomic mass is 9.90. The second-order valence-corrected chi connectivity index (χ2v) is 4.16. The van der Waals surface area contributed by atoms with Gasteiger partial charge in [-0.2, -0.15) is 4.39 Å². The van der Waals surface area contributed by atoms with Gasteiger partial charge in [-0.15, -0.1) is 0 Å². The van der Waals surface area contributed by atoms with Crippen LogP contribution in [0.5, 0.6) is 5.75 Å². The third kappa shape index (κ3) is 3.08. The third-order valence-electron chi connectivity index (χ3n) is 2.84. The molecule has 6 heteroatoms. The molecule has 1 aliphatic carbocycles. The van der Waals surface area contributed by atoms with Crippen LogP contribution < -0.4 is 4.74 Å². The number of carbonyl (C=O) groups excluding carboxylic acids is 1. The van der Waals surface area contributed by atoms with Gasteiger partial charge in [0.25, 0.3) is 0 Å². The van der Waals surface area contributed by atoms with E-state index in [1.165, 1.54) is 19.2 Å². The Balaban J connectivity index is 1.95. The monoisotopic (exact) mass is 272 g/mol. The Bertz CT molecular complexity index is 464. The van der Waals surface area contributed by atoms with E-state index in [1.54, 1.807) is 0 Å². The van der Waals surface area contributed by atoms with E-state index < -0.39 is 23.8 Å². The SMILES string of the molecule is COCCOC1C(=O)CC1Oc1cccc(F)c1F. The van der Waals surface area contributed by atoms with Gasteiger partial charge in [0.1, 0.15) is 6.10 Å². The van der Waals surface area contributed by atoms with Crippen LogP contribution in [0.3, 0.4) is 0 Å². The third-order valence-corrected chi connectivity index (χ3v) is 2.84. The van der Waals surface area contributed by atoms with Gasteiger partial charge in [-0.25, -0.2) is 4.39 Å². The molecule has 4 nitrogen and oxygen atoms in total. The summed E-state index contributed by atoms with van der Waals surface area (Å²) in [4.78, 5) is 11.4. The van der Waals surface area contributed by atoms with Crippen LogP contribution in [0.4, 0.5) is 8.78 Å². The van der Waals surface area contributed by atoms with Gasteiger partial charge in [-0.1, -0.05) is 6.07 Å². The first-order valence-corrected chi connectivity index (χ1v) is 5.87. The molecule has 0 radical (unpaired) electrons. The number of Topliss-reactive ketones (excluding diaryl/α,β-unsaturated/α-hetero) is 1. The normalized spacial score (nSPS) is 22.2. The number of halogens is 2. The highest BCUT2D eigenvalue weighted by atomic mass is 19.2. The Hall–Kier alpha value is -1.53. The zero-order valence-electron chi connectivity index (χ0n) is 10.4. The Morgan fingerprint density at radius 3 is 2.79 bits per heavy atom. The number of hydrogen-bond acceptors (Lipinski definition) is 4. The van der Waals surface area contributed by atoms with Gasteiger partial charge in [0.15, 0.2) is 23.5 Å². The lowest BCUT2D eigenvalue weighted by molar-refractivity contribution is -0.156. The van der Waals surface area contributed by atoms with Crippen LogP contribution in [0.15, 0.2) is 18.2 Å². The topological polar surface area (TPSA) is 44.8 Å². The lowest BCUT2D eigenvalue weighted by Gasteiger charge is -2.34. The Morgan fingerprint density at radius 1 is 1.32 bits per heavy atom. The number of methoxy groups -OCH3 is 1. The highest BCUT2D eigenvalue weighted by Crippen LogP contribution is 2.28. The largest absolute Gasteiger partial charge is 0.484 e. The molecule has 1 fully saturated rings. The highest BCUT2D eigenvalue weighted by Gasteiger charge is 2.43. The minimum absolute atomic E-state index is 0.113. The molecule has 0 bridgehead atoms. The van der Waals surface area contributed by atoms with Gasteiger partial charge in [0, 0.05) is 13.5 Å². The van der Waals surface area contributed by atoms with Crippen LogP contribution in [0.25, 0.3) is 0 Å². The van der Waals surface area contributed by atoms with Gasteiger partial charge in [0.05, 0.1) is 13.2 Å². The van der Waals surface area contributed by atoms with E-state index in [2.05, 4.69) is 0 Å². The van der Waals surface area contributed by atoms with Crippen LogP contribution in [-0.4, -0.2) is 38.3 Å². The molecular weight excluding hydrogens is 258 g/mol. The van der Waals surface area contributed by atoms with Crippen molar-refractivity contribution in [1.82, 2.24) is 0 Å². The summed E-state index contributed by atoms with van der Waals surface area (Å²) < 4.78 is 41.8. The maximum Gasteiger partial charge on any atom is 0.200 e. The van der Waals surface area contributed by atoms with Crippen molar-refractivity contribution in [3.05, 3.63) is 29.8 Å². The number of ketones is 1. The van der Waals surface area contributed by atoms with Gasteiger partial charge in [0.2, 0.25) is 5.82 Å². The van der Waals surface area contributed by atoms with E-state index in [1.807, 2.05) is 0 Å². The average molecular weight is 272 g/mol.